The van der Waals surface area contributed by atoms with Crippen molar-refractivity contribution >= 4 is 21.4 Å². The third-order valence-electron chi connectivity index (χ3n) is 4.13. The lowest BCUT2D eigenvalue weighted by atomic mass is 9.74. The fourth-order valence-corrected chi connectivity index (χ4v) is 3.44. The summed E-state index contributed by atoms with van der Waals surface area (Å²) < 4.78 is 1.41. The van der Waals surface area contributed by atoms with Gasteiger partial charge in [0.2, 0.25) is 0 Å². The molecule has 0 saturated carbocycles. The minimum atomic E-state index is 0.318. The Kier molecular flexibility index (Phi) is 4.08. The van der Waals surface area contributed by atoms with Crippen molar-refractivity contribution in [2.24, 2.45) is 11.3 Å². The molecule has 0 spiro atoms. The predicted molar refractivity (Wildman–Crippen MR) is 82.4 cm³/mol. The predicted octanol–water partition coefficient (Wildman–Crippen LogP) is 4.33. The average molecular weight is 261 g/mol. The van der Waals surface area contributed by atoms with Crippen LogP contribution in [0.25, 0.3) is 10.1 Å². The second-order valence-electron chi connectivity index (χ2n) is 5.77. The van der Waals surface area contributed by atoms with Crippen molar-refractivity contribution in [1.29, 1.82) is 0 Å². The van der Waals surface area contributed by atoms with E-state index in [1.807, 2.05) is 18.4 Å². The van der Waals surface area contributed by atoms with Crippen LogP contribution in [0, 0.1) is 11.3 Å². The van der Waals surface area contributed by atoms with E-state index in [9.17, 15) is 0 Å². The van der Waals surface area contributed by atoms with E-state index in [2.05, 4.69) is 55.7 Å². The zero-order chi connectivity index (χ0) is 13.2. The van der Waals surface area contributed by atoms with Crippen molar-refractivity contribution in [1.82, 2.24) is 5.32 Å². The highest BCUT2D eigenvalue weighted by Gasteiger charge is 2.28. The smallest absolute Gasteiger partial charge is 0.0345 e. The Labute approximate surface area is 114 Å². The highest BCUT2D eigenvalue weighted by molar-refractivity contribution is 7.17. The lowest BCUT2D eigenvalue weighted by molar-refractivity contribution is 0.213. The molecule has 0 saturated heterocycles. The van der Waals surface area contributed by atoms with Crippen molar-refractivity contribution in [3.05, 3.63) is 35.2 Å². The molecule has 1 aromatic carbocycles. The topological polar surface area (TPSA) is 12.0 Å². The minimum Gasteiger partial charge on any atom is -0.319 e. The summed E-state index contributed by atoms with van der Waals surface area (Å²) in [6.45, 7) is 8.10. The number of benzene rings is 1. The van der Waals surface area contributed by atoms with E-state index < -0.39 is 0 Å². The molecule has 2 heteroatoms. The maximum atomic E-state index is 3.35. The van der Waals surface area contributed by atoms with Gasteiger partial charge in [0.15, 0.2) is 0 Å². The second kappa shape index (κ2) is 5.41. The van der Waals surface area contributed by atoms with Crippen LogP contribution in [0.15, 0.2) is 29.6 Å². The molecule has 0 fully saturated rings. The van der Waals surface area contributed by atoms with E-state index >= 15 is 0 Å². The largest absolute Gasteiger partial charge is 0.319 e. The molecule has 0 aliphatic heterocycles. The molecule has 1 nitrogen and oxygen atoms in total. The van der Waals surface area contributed by atoms with Crippen molar-refractivity contribution in [2.75, 3.05) is 13.6 Å². The summed E-state index contributed by atoms with van der Waals surface area (Å²) in [6, 6.07) is 8.73. The van der Waals surface area contributed by atoms with Gasteiger partial charge >= 0.3 is 0 Å². The summed E-state index contributed by atoms with van der Waals surface area (Å²) in [5.41, 5.74) is 1.82. The second-order valence-corrected chi connectivity index (χ2v) is 6.68. The molecular formula is C16H23NS. The van der Waals surface area contributed by atoms with Gasteiger partial charge in [-0.3, -0.25) is 0 Å². The van der Waals surface area contributed by atoms with E-state index in [1.54, 1.807) is 0 Å². The van der Waals surface area contributed by atoms with Gasteiger partial charge in [0.25, 0.3) is 0 Å². The highest BCUT2D eigenvalue weighted by atomic mass is 32.1. The van der Waals surface area contributed by atoms with Gasteiger partial charge in [0.1, 0.15) is 0 Å². The lowest BCUT2D eigenvalue weighted by Crippen LogP contribution is -2.36. The first kappa shape index (κ1) is 13.6. The monoisotopic (exact) mass is 261 g/mol. The van der Waals surface area contributed by atoms with Gasteiger partial charge in [0.05, 0.1) is 0 Å². The van der Waals surface area contributed by atoms with Crippen LogP contribution in [-0.2, 0) is 6.42 Å². The summed E-state index contributed by atoms with van der Waals surface area (Å²) in [5, 5.41) is 7.12. The van der Waals surface area contributed by atoms with Crippen LogP contribution in [0.2, 0.25) is 0 Å². The van der Waals surface area contributed by atoms with Crippen molar-refractivity contribution < 1.29 is 0 Å². The zero-order valence-electron chi connectivity index (χ0n) is 11.8. The number of rotatable bonds is 5. The Morgan fingerprint density at radius 1 is 1.28 bits per heavy atom. The molecule has 0 radical (unpaired) electrons. The van der Waals surface area contributed by atoms with E-state index in [4.69, 9.17) is 0 Å². The number of fused-ring (bicyclic) bond motifs is 1. The van der Waals surface area contributed by atoms with Crippen molar-refractivity contribution in [3.63, 3.8) is 0 Å². The summed E-state index contributed by atoms with van der Waals surface area (Å²) in [4.78, 5) is 0. The SMILES string of the molecule is CNCC(C)(Cc1csc2ccccc12)C(C)C. The van der Waals surface area contributed by atoms with Crippen molar-refractivity contribution in [2.45, 2.75) is 27.2 Å². The molecule has 2 aromatic rings. The zero-order valence-corrected chi connectivity index (χ0v) is 12.6. The first-order chi connectivity index (χ1) is 8.57. The van der Waals surface area contributed by atoms with Gasteiger partial charge in [-0.2, -0.15) is 0 Å². The molecule has 0 aliphatic carbocycles. The molecular weight excluding hydrogens is 238 g/mol. The molecule has 1 aromatic heterocycles. The molecule has 0 bridgehead atoms. The van der Waals surface area contributed by atoms with Crippen LogP contribution in [0.5, 0.6) is 0 Å². The van der Waals surface area contributed by atoms with Crippen LogP contribution < -0.4 is 5.32 Å². The average Bonchev–Trinajstić information content (AvgIpc) is 2.73. The molecule has 0 aliphatic rings. The van der Waals surface area contributed by atoms with Crippen molar-refractivity contribution in [3.8, 4) is 0 Å². The molecule has 18 heavy (non-hydrogen) atoms. The number of hydrogen-bond donors (Lipinski definition) is 1. The fourth-order valence-electron chi connectivity index (χ4n) is 2.48. The Morgan fingerprint density at radius 3 is 2.67 bits per heavy atom. The van der Waals surface area contributed by atoms with Crippen LogP contribution in [-0.4, -0.2) is 13.6 Å². The van der Waals surface area contributed by atoms with E-state index in [0.717, 1.165) is 13.0 Å². The van der Waals surface area contributed by atoms with Gasteiger partial charge in [0, 0.05) is 11.2 Å². The lowest BCUT2D eigenvalue weighted by Gasteiger charge is -2.33. The van der Waals surface area contributed by atoms with Crippen LogP contribution in [0.1, 0.15) is 26.3 Å². The van der Waals surface area contributed by atoms with Crippen LogP contribution >= 0.6 is 11.3 Å². The number of thiophene rings is 1. The van der Waals surface area contributed by atoms with Gasteiger partial charge in [-0.05, 0) is 47.2 Å². The molecule has 1 N–H and O–H groups in total. The first-order valence-corrected chi connectivity index (χ1v) is 7.54. The van der Waals surface area contributed by atoms with Gasteiger partial charge in [-0.15, -0.1) is 11.3 Å². The molecule has 2 rings (SSSR count). The quantitative estimate of drug-likeness (QED) is 0.845. The molecule has 1 heterocycles. The van der Waals surface area contributed by atoms with Gasteiger partial charge < -0.3 is 5.32 Å². The minimum absolute atomic E-state index is 0.318. The van der Waals surface area contributed by atoms with Crippen LogP contribution in [0.4, 0.5) is 0 Å². The van der Waals surface area contributed by atoms with Crippen LogP contribution in [0.3, 0.4) is 0 Å². The third-order valence-corrected chi connectivity index (χ3v) is 5.14. The molecule has 0 amide bonds. The maximum Gasteiger partial charge on any atom is 0.0345 e. The first-order valence-electron chi connectivity index (χ1n) is 6.66. The molecule has 98 valence electrons. The fraction of sp³-hybridized carbons (Fsp3) is 0.500. The number of hydrogen-bond acceptors (Lipinski definition) is 2. The van der Waals surface area contributed by atoms with Gasteiger partial charge in [-0.25, -0.2) is 0 Å². The Bertz CT molecular complexity index is 515. The Morgan fingerprint density at radius 2 is 2.00 bits per heavy atom. The van der Waals surface area contributed by atoms with Gasteiger partial charge in [-0.1, -0.05) is 39.0 Å². The summed E-state index contributed by atoms with van der Waals surface area (Å²) >= 11 is 1.86. The third kappa shape index (κ3) is 2.60. The van der Waals surface area contributed by atoms with E-state index in [0.29, 0.717) is 11.3 Å². The molecule has 1 unspecified atom stereocenters. The van der Waals surface area contributed by atoms with E-state index in [1.165, 1.54) is 15.6 Å². The maximum absolute atomic E-state index is 3.35. The Hall–Kier alpha value is -0.860. The summed E-state index contributed by atoms with van der Waals surface area (Å²) in [7, 11) is 2.05. The number of nitrogens with one attached hydrogen (secondary N) is 1. The normalized spacial score (nSPS) is 15.2. The van der Waals surface area contributed by atoms with E-state index in [-0.39, 0.29) is 0 Å². The standard InChI is InChI=1S/C16H23NS/c1-12(2)16(3,11-17-4)9-13-10-18-15-8-6-5-7-14(13)15/h5-8,10,12,17H,9,11H2,1-4H3. The highest BCUT2D eigenvalue weighted by Crippen LogP contribution is 2.35. The molecule has 1 atom stereocenters. The Balaban J connectivity index is 2.32. The summed E-state index contributed by atoms with van der Waals surface area (Å²) in [5.74, 6) is 0.670. The summed E-state index contributed by atoms with van der Waals surface area (Å²) in [6.07, 6.45) is 1.15.